The van der Waals surface area contributed by atoms with Gasteiger partial charge in [0.2, 0.25) is 11.5 Å². The Hall–Kier alpha value is -5.04. The van der Waals surface area contributed by atoms with E-state index in [1.165, 1.54) is 0 Å². The van der Waals surface area contributed by atoms with Crippen LogP contribution in [0.2, 0.25) is 0 Å². The number of anilines is 1. The molecule has 0 radical (unpaired) electrons. The smallest absolute Gasteiger partial charge is 0.448 e. The Bertz CT molecular complexity index is 1780. The summed E-state index contributed by atoms with van der Waals surface area (Å²) in [5.74, 6) is -4.40. The molecule has 0 aliphatic carbocycles. The summed E-state index contributed by atoms with van der Waals surface area (Å²) < 4.78 is 77.9. The third-order valence-electron chi connectivity index (χ3n) is 6.85. The molecule has 0 spiro atoms. The van der Waals surface area contributed by atoms with Crippen LogP contribution in [0.25, 0.3) is 0 Å². The number of oxime groups is 1. The topological polar surface area (TPSA) is 192 Å². The van der Waals surface area contributed by atoms with Crippen molar-refractivity contribution in [3.63, 3.8) is 0 Å². The molecule has 1 aromatic heterocycles. The first-order valence-electron chi connectivity index (χ1n) is 13.2. The molecule has 19 heteroatoms. The number of nitrogens with zero attached hydrogens (tertiary/aromatic N) is 4. The lowest BCUT2D eigenvalue weighted by Gasteiger charge is -2.49. The largest absolute Gasteiger partial charge is 0.534 e. The van der Waals surface area contributed by atoms with E-state index in [4.69, 9.17) is 10.5 Å². The molecule has 2 aliphatic heterocycles. The van der Waals surface area contributed by atoms with Gasteiger partial charge in [0.25, 0.3) is 11.8 Å². The molecule has 3 aromatic rings. The van der Waals surface area contributed by atoms with Gasteiger partial charge in [0, 0.05) is 18.0 Å². The van der Waals surface area contributed by atoms with Crippen molar-refractivity contribution in [3.8, 4) is 0 Å². The lowest BCUT2D eigenvalue weighted by Crippen LogP contribution is -2.72. The van der Waals surface area contributed by atoms with E-state index in [0.717, 1.165) is 23.5 Å². The summed E-state index contributed by atoms with van der Waals surface area (Å²) in [4.78, 5) is 49.5. The summed E-state index contributed by atoms with van der Waals surface area (Å²) in [5, 5.41) is 6.03. The van der Waals surface area contributed by atoms with Crippen LogP contribution in [-0.4, -0.2) is 70.9 Å². The minimum Gasteiger partial charge on any atom is -0.448 e. The molecule has 2 aliphatic rings. The molecular formula is C27H23F3N6O8S2. The predicted molar refractivity (Wildman–Crippen MR) is 154 cm³/mol. The number of nitrogens with two attached hydrogens (primary N) is 1. The highest BCUT2D eigenvalue weighted by molar-refractivity contribution is 7.87. The van der Waals surface area contributed by atoms with Gasteiger partial charge < -0.3 is 24.8 Å². The lowest BCUT2D eigenvalue weighted by atomic mass is 9.85. The van der Waals surface area contributed by atoms with Crippen molar-refractivity contribution in [2.45, 2.75) is 36.5 Å². The second-order valence-corrected chi connectivity index (χ2v) is 12.0. The Morgan fingerprint density at radius 1 is 1.11 bits per heavy atom. The number of fused-ring (bicyclic) bond motifs is 1. The van der Waals surface area contributed by atoms with E-state index in [9.17, 15) is 36.0 Å². The van der Waals surface area contributed by atoms with Gasteiger partial charge in [0.05, 0.1) is 6.04 Å². The van der Waals surface area contributed by atoms with Crippen LogP contribution in [0.1, 0.15) is 35.9 Å². The number of amides is 2. The van der Waals surface area contributed by atoms with Crippen LogP contribution in [0.4, 0.5) is 18.3 Å². The number of carbonyl (C=O) groups excluding carboxylic acids is 3. The second-order valence-electron chi connectivity index (χ2n) is 9.71. The number of hydrogen-bond donors (Lipinski definition) is 2. The molecule has 1 saturated heterocycles. The molecule has 2 atom stereocenters. The minimum absolute atomic E-state index is 0.0173. The Kier molecular flexibility index (Phi) is 8.97. The standard InChI is InChI=1S/C27H23F3N6O8S2/c1-42-34-19(22-33-26(31)45-35-22)23(37)32-18-16-12-13-17(44-46(40,41)27(28,29)30)20(36(16)24(18)38)25(39)43-21(14-8-4-2-5-9-14)15-10-6-3-7-11-15/h2-11,16,18,21H,12-13H2,1H3,(H,32,37)(H2,31,33,35)/b34-19-. The number of esters is 1. The maximum Gasteiger partial charge on any atom is 0.534 e. The molecule has 3 N–H and O–H groups in total. The number of nitrogens with one attached hydrogen (secondary N) is 1. The number of hydrogen-bond acceptors (Lipinski definition) is 13. The van der Waals surface area contributed by atoms with Gasteiger partial charge >= 0.3 is 21.6 Å². The van der Waals surface area contributed by atoms with Crippen molar-refractivity contribution in [2.75, 3.05) is 12.8 Å². The van der Waals surface area contributed by atoms with Crippen molar-refractivity contribution >= 4 is 50.3 Å². The van der Waals surface area contributed by atoms with Crippen LogP contribution < -0.4 is 11.1 Å². The van der Waals surface area contributed by atoms with Crippen LogP contribution in [0.5, 0.6) is 0 Å². The van der Waals surface area contributed by atoms with E-state index in [1.54, 1.807) is 60.7 Å². The van der Waals surface area contributed by atoms with Gasteiger partial charge in [-0.1, -0.05) is 65.8 Å². The van der Waals surface area contributed by atoms with Crippen LogP contribution >= 0.6 is 11.5 Å². The van der Waals surface area contributed by atoms with Crippen molar-refractivity contribution in [2.24, 2.45) is 5.16 Å². The first-order valence-corrected chi connectivity index (χ1v) is 15.4. The number of β-lactam (4-membered cyclic amide) rings is 1. The number of aromatic nitrogens is 2. The first-order chi connectivity index (χ1) is 21.8. The summed E-state index contributed by atoms with van der Waals surface area (Å²) in [6.07, 6.45) is -1.85. The van der Waals surface area contributed by atoms with Crippen molar-refractivity contribution in [1.29, 1.82) is 0 Å². The normalized spacial score (nSPS) is 18.5. The maximum absolute atomic E-state index is 13.8. The fourth-order valence-corrected chi connectivity index (χ4v) is 5.80. The van der Waals surface area contributed by atoms with Crippen molar-refractivity contribution in [3.05, 3.63) is 89.1 Å². The number of alkyl halides is 3. The van der Waals surface area contributed by atoms with Gasteiger partial charge in [-0.15, -0.1) is 0 Å². The SMILES string of the molecule is CO/N=C(\C(=O)NC1C(=O)N2C(C(=O)OC(c3ccccc3)c3ccccc3)=C(OS(=O)(=O)C(F)(F)F)CCC12)c1nsc(N)n1. The summed E-state index contributed by atoms with van der Waals surface area (Å²) in [7, 11) is -5.09. The Labute approximate surface area is 262 Å². The zero-order valence-electron chi connectivity index (χ0n) is 23.5. The van der Waals surface area contributed by atoms with Crippen molar-refractivity contribution < 1.29 is 49.7 Å². The van der Waals surface area contributed by atoms with Gasteiger partial charge in [-0.2, -0.15) is 30.9 Å². The van der Waals surface area contributed by atoms with Gasteiger partial charge in [0.1, 0.15) is 13.2 Å². The van der Waals surface area contributed by atoms with E-state index in [1.807, 2.05) is 0 Å². The van der Waals surface area contributed by atoms with Crippen molar-refractivity contribution in [1.82, 2.24) is 19.6 Å². The molecule has 0 saturated carbocycles. The van der Waals surface area contributed by atoms with E-state index >= 15 is 0 Å². The van der Waals surface area contributed by atoms with E-state index in [0.29, 0.717) is 11.1 Å². The summed E-state index contributed by atoms with van der Waals surface area (Å²) >= 11 is 0.769. The van der Waals surface area contributed by atoms with E-state index < -0.39 is 75.2 Å². The zero-order chi connectivity index (χ0) is 33.2. The monoisotopic (exact) mass is 680 g/mol. The Morgan fingerprint density at radius 2 is 1.72 bits per heavy atom. The highest BCUT2D eigenvalue weighted by Crippen LogP contribution is 2.41. The Balaban J connectivity index is 1.48. The fraction of sp³-hybridized carbons (Fsp3) is 0.259. The van der Waals surface area contributed by atoms with Gasteiger partial charge in [-0.25, -0.2) is 4.79 Å². The minimum atomic E-state index is -6.24. The second kappa shape index (κ2) is 12.8. The number of rotatable bonds is 10. The third kappa shape index (κ3) is 6.36. The average Bonchev–Trinajstić information content (AvgIpc) is 3.46. The van der Waals surface area contributed by atoms with E-state index in [-0.39, 0.29) is 17.4 Å². The molecule has 1 fully saturated rings. The molecule has 2 unspecified atom stereocenters. The quantitative estimate of drug-likeness (QED) is 0.0798. The summed E-state index contributed by atoms with van der Waals surface area (Å²) in [6.45, 7) is 0. The number of nitrogen functional groups attached to an aromatic ring is 1. The molecule has 14 nitrogen and oxygen atoms in total. The number of halogens is 3. The maximum atomic E-state index is 13.8. The van der Waals surface area contributed by atoms with Crippen LogP contribution in [-0.2, 0) is 38.3 Å². The van der Waals surface area contributed by atoms with Gasteiger partial charge in [-0.3, -0.25) is 14.5 Å². The Morgan fingerprint density at radius 3 is 2.24 bits per heavy atom. The zero-order valence-corrected chi connectivity index (χ0v) is 25.1. The predicted octanol–water partition coefficient (Wildman–Crippen LogP) is 2.37. The van der Waals surface area contributed by atoms with Crippen LogP contribution in [0.15, 0.2) is 77.3 Å². The number of benzene rings is 2. The molecule has 242 valence electrons. The average molecular weight is 681 g/mol. The number of carbonyl (C=O) groups is 3. The van der Waals surface area contributed by atoms with E-state index in [2.05, 4.69) is 28.9 Å². The molecular weight excluding hydrogens is 657 g/mol. The highest BCUT2D eigenvalue weighted by atomic mass is 32.2. The fourth-order valence-electron chi connectivity index (χ4n) is 4.84. The highest BCUT2D eigenvalue weighted by Gasteiger charge is 2.57. The molecule has 3 heterocycles. The first kappa shape index (κ1) is 32.4. The lowest BCUT2D eigenvalue weighted by molar-refractivity contribution is -0.159. The third-order valence-corrected chi connectivity index (χ3v) is 8.38. The molecule has 0 bridgehead atoms. The van der Waals surface area contributed by atoms with Gasteiger partial charge in [-0.05, 0) is 17.5 Å². The number of ether oxygens (including phenoxy) is 1. The summed E-state index contributed by atoms with van der Waals surface area (Å²) in [6, 6.07) is 14.3. The molecule has 5 rings (SSSR count). The summed E-state index contributed by atoms with van der Waals surface area (Å²) in [5.41, 5.74) is -0.584. The molecule has 46 heavy (non-hydrogen) atoms. The van der Waals surface area contributed by atoms with Crippen LogP contribution in [0.3, 0.4) is 0 Å². The van der Waals surface area contributed by atoms with Crippen LogP contribution in [0, 0.1) is 0 Å². The number of allylic oxidation sites excluding steroid dienone is 1. The van der Waals surface area contributed by atoms with Gasteiger partial charge in [0.15, 0.2) is 22.7 Å². The molecule has 2 amide bonds. The molecule has 2 aromatic carbocycles.